The largest absolute Gasteiger partial charge is 0.481 e. The molecule has 4 nitrogen and oxygen atoms in total. The van der Waals surface area contributed by atoms with Crippen LogP contribution >= 0.6 is 0 Å². The Morgan fingerprint density at radius 3 is 2.36 bits per heavy atom. The van der Waals surface area contributed by atoms with Crippen molar-refractivity contribution in [1.82, 2.24) is 0 Å². The third kappa shape index (κ3) is 4.25. The predicted molar refractivity (Wildman–Crippen MR) is 49.8 cm³/mol. The molecule has 1 saturated carbocycles. The molecule has 0 aromatic carbocycles. The average molecular weight is 200 g/mol. The fourth-order valence-electron chi connectivity index (χ4n) is 1.28. The van der Waals surface area contributed by atoms with E-state index < -0.39 is 5.97 Å². The maximum Gasteiger partial charge on any atom is 0.306 e. The van der Waals surface area contributed by atoms with Crippen molar-refractivity contribution in [2.24, 2.45) is 0 Å². The summed E-state index contributed by atoms with van der Waals surface area (Å²) in [7, 11) is 0. The van der Waals surface area contributed by atoms with Crippen LogP contribution in [-0.2, 0) is 14.3 Å². The van der Waals surface area contributed by atoms with Crippen LogP contribution in [0.3, 0.4) is 0 Å². The molecule has 1 rings (SSSR count). The Bertz CT molecular complexity index is 208. The number of unbranched alkanes of at least 4 members (excludes halogenated alkanes) is 1. The van der Waals surface area contributed by atoms with Gasteiger partial charge in [-0.25, -0.2) is 0 Å². The highest BCUT2D eigenvalue weighted by Gasteiger charge is 2.21. The molecule has 0 aromatic rings. The number of hydrogen-bond acceptors (Lipinski definition) is 3. The molecule has 14 heavy (non-hydrogen) atoms. The van der Waals surface area contributed by atoms with Gasteiger partial charge in [0.1, 0.15) is 6.10 Å². The van der Waals surface area contributed by atoms with Gasteiger partial charge >= 0.3 is 11.9 Å². The number of aliphatic carboxylic acids is 1. The lowest BCUT2D eigenvalue weighted by Crippen LogP contribution is -2.24. The molecular weight excluding hydrogens is 184 g/mol. The summed E-state index contributed by atoms with van der Waals surface area (Å²) in [6.07, 6.45) is 4.91. The number of carbonyl (C=O) groups excluding carboxylic acids is 1. The standard InChI is InChI=1S/C10H16O4/c11-9(12)6-1-2-7-10(13)14-8-4-3-5-8/h8H,1-7H2,(H,11,12). The van der Waals surface area contributed by atoms with E-state index in [9.17, 15) is 9.59 Å². The molecule has 80 valence electrons. The molecule has 0 bridgehead atoms. The minimum Gasteiger partial charge on any atom is -0.481 e. The van der Waals surface area contributed by atoms with Gasteiger partial charge < -0.3 is 9.84 Å². The number of esters is 1. The van der Waals surface area contributed by atoms with E-state index in [-0.39, 0.29) is 18.5 Å². The first-order valence-electron chi connectivity index (χ1n) is 5.10. The monoisotopic (exact) mass is 200 g/mol. The normalized spacial score (nSPS) is 16.0. The van der Waals surface area contributed by atoms with Crippen LogP contribution in [0.25, 0.3) is 0 Å². The number of carbonyl (C=O) groups is 2. The summed E-state index contributed by atoms with van der Waals surface area (Å²) in [5, 5.41) is 8.36. The topological polar surface area (TPSA) is 63.6 Å². The molecule has 1 fully saturated rings. The van der Waals surface area contributed by atoms with Crippen LogP contribution in [0.5, 0.6) is 0 Å². The van der Waals surface area contributed by atoms with Gasteiger partial charge in [-0.05, 0) is 32.1 Å². The van der Waals surface area contributed by atoms with Crippen LogP contribution < -0.4 is 0 Å². The molecule has 0 radical (unpaired) electrons. The molecular formula is C10H16O4. The summed E-state index contributed by atoms with van der Waals surface area (Å²) in [6.45, 7) is 0. The second-order valence-corrected chi connectivity index (χ2v) is 3.64. The second-order valence-electron chi connectivity index (χ2n) is 3.64. The molecule has 0 atom stereocenters. The molecule has 1 aliphatic rings. The summed E-state index contributed by atoms with van der Waals surface area (Å²) in [5.74, 6) is -0.988. The summed E-state index contributed by atoms with van der Waals surface area (Å²) >= 11 is 0. The van der Waals surface area contributed by atoms with Gasteiger partial charge in [0.05, 0.1) is 0 Å². The Hall–Kier alpha value is -1.06. The van der Waals surface area contributed by atoms with Crippen molar-refractivity contribution >= 4 is 11.9 Å². The van der Waals surface area contributed by atoms with Crippen LogP contribution in [0, 0.1) is 0 Å². The highest BCUT2D eigenvalue weighted by molar-refractivity contribution is 5.70. The minimum atomic E-state index is -0.808. The van der Waals surface area contributed by atoms with Crippen molar-refractivity contribution in [3.8, 4) is 0 Å². The summed E-state index contributed by atoms with van der Waals surface area (Å²) < 4.78 is 5.11. The lowest BCUT2D eigenvalue weighted by Gasteiger charge is -2.25. The van der Waals surface area contributed by atoms with E-state index >= 15 is 0 Å². The molecule has 0 amide bonds. The number of ether oxygens (including phenoxy) is 1. The van der Waals surface area contributed by atoms with Gasteiger partial charge in [0.15, 0.2) is 0 Å². The fraction of sp³-hybridized carbons (Fsp3) is 0.800. The molecule has 0 heterocycles. The van der Waals surface area contributed by atoms with E-state index in [1.165, 1.54) is 0 Å². The zero-order chi connectivity index (χ0) is 10.4. The van der Waals surface area contributed by atoms with Crippen LogP contribution in [0.2, 0.25) is 0 Å². The Balaban J connectivity index is 1.94. The van der Waals surface area contributed by atoms with Gasteiger partial charge in [0.2, 0.25) is 0 Å². The van der Waals surface area contributed by atoms with Gasteiger partial charge in [0.25, 0.3) is 0 Å². The number of carboxylic acids is 1. The quantitative estimate of drug-likeness (QED) is 0.524. The van der Waals surface area contributed by atoms with Crippen molar-refractivity contribution < 1.29 is 19.4 Å². The van der Waals surface area contributed by atoms with Crippen molar-refractivity contribution in [3.05, 3.63) is 0 Å². The van der Waals surface area contributed by atoms with Gasteiger partial charge in [0, 0.05) is 12.8 Å². The molecule has 4 heteroatoms. The predicted octanol–water partition coefficient (Wildman–Crippen LogP) is 1.73. The number of rotatable bonds is 6. The van der Waals surface area contributed by atoms with Crippen LogP contribution in [-0.4, -0.2) is 23.1 Å². The summed E-state index contributed by atoms with van der Waals surface area (Å²) in [6, 6.07) is 0. The zero-order valence-electron chi connectivity index (χ0n) is 8.20. The first-order valence-corrected chi connectivity index (χ1v) is 5.10. The Morgan fingerprint density at radius 2 is 1.86 bits per heavy atom. The number of carboxylic acid groups (broad SMARTS) is 1. The Morgan fingerprint density at radius 1 is 1.21 bits per heavy atom. The van der Waals surface area contributed by atoms with Crippen molar-refractivity contribution in [2.75, 3.05) is 0 Å². The molecule has 0 aromatic heterocycles. The maximum atomic E-state index is 11.1. The highest BCUT2D eigenvalue weighted by Crippen LogP contribution is 2.22. The lowest BCUT2D eigenvalue weighted by atomic mass is 9.96. The molecule has 0 aliphatic heterocycles. The van der Waals surface area contributed by atoms with Crippen LogP contribution in [0.15, 0.2) is 0 Å². The second kappa shape index (κ2) is 5.62. The van der Waals surface area contributed by atoms with Crippen molar-refractivity contribution in [1.29, 1.82) is 0 Å². The van der Waals surface area contributed by atoms with Crippen molar-refractivity contribution in [3.63, 3.8) is 0 Å². The van der Waals surface area contributed by atoms with E-state index in [1.54, 1.807) is 0 Å². The average Bonchev–Trinajstić information content (AvgIpc) is 2.05. The summed E-state index contributed by atoms with van der Waals surface area (Å²) in [4.78, 5) is 21.3. The third-order valence-corrected chi connectivity index (χ3v) is 2.37. The van der Waals surface area contributed by atoms with E-state index in [0.29, 0.717) is 19.3 Å². The van der Waals surface area contributed by atoms with E-state index in [4.69, 9.17) is 9.84 Å². The highest BCUT2D eigenvalue weighted by atomic mass is 16.5. The lowest BCUT2D eigenvalue weighted by molar-refractivity contribution is -0.153. The fourth-order valence-corrected chi connectivity index (χ4v) is 1.28. The summed E-state index contributed by atoms with van der Waals surface area (Å²) in [5.41, 5.74) is 0. The van der Waals surface area contributed by atoms with Gasteiger partial charge in [-0.1, -0.05) is 0 Å². The van der Waals surface area contributed by atoms with Crippen LogP contribution in [0.1, 0.15) is 44.9 Å². The Labute approximate surface area is 83.2 Å². The minimum absolute atomic E-state index is 0.136. The molecule has 0 saturated heterocycles. The molecule has 0 unspecified atom stereocenters. The number of hydrogen-bond donors (Lipinski definition) is 1. The maximum absolute atomic E-state index is 11.1. The SMILES string of the molecule is O=C(O)CCCCC(=O)OC1CCC1. The first-order chi connectivity index (χ1) is 6.68. The molecule has 0 spiro atoms. The molecule has 1 aliphatic carbocycles. The zero-order valence-corrected chi connectivity index (χ0v) is 8.20. The van der Waals surface area contributed by atoms with Gasteiger partial charge in [-0.15, -0.1) is 0 Å². The van der Waals surface area contributed by atoms with Crippen molar-refractivity contribution in [2.45, 2.75) is 51.0 Å². The van der Waals surface area contributed by atoms with Gasteiger partial charge in [-0.3, -0.25) is 9.59 Å². The first kappa shape index (κ1) is 11.0. The Kier molecular flexibility index (Phi) is 4.43. The van der Waals surface area contributed by atoms with E-state index in [1.807, 2.05) is 0 Å². The smallest absolute Gasteiger partial charge is 0.306 e. The van der Waals surface area contributed by atoms with Crippen LogP contribution in [0.4, 0.5) is 0 Å². The third-order valence-electron chi connectivity index (χ3n) is 2.37. The van der Waals surface area contributed by atoms with E-state index in [0.717, 1.165) is 19.3 Å². The van der Waals surface area contributed by atoms with E-state index in [2.05, 4.69) is 0 Å². The van der Waals surface area contributed by atoms with Gasteiger partial charge in [-0.2, -0.15) is 0 Å². The molecule has 1 N–H and O–H groups in total.